The summed E-state index contributed by atoms with van der Waals surface area (Å²) in [5.41, 5.74) is 0.595. The van der Waals surface area contributed by atoms with E-state index in [1.807, 2.05) is 7.05 Å². The summed E-state index contributed by atoms with van der Waals surface area (Å²) in [6, 6.07) is 9.91. The van der Waals surface area contributed by atoms with Crippen LogP contribution in [0.3, 0.4) is 0 Å². The number of halogens is 2. The van der Waals surface area contributed by atoms with Gasteiger partial charge in [-0.05, 0) is 44.3 Å². The number of nitrogens with one attached hydrogen (secondary N) is 2. The molecule has 0 unspecified atom stereocenters. The first kappa shape index (κ1) is 31.2. The molecule has 0 fully saturated rings. The number of hydrogen-bond acceptors (Lipinski definition) is 7. The largest absolute Gasteiger partial charge is 0.496 e. The minimum Gasteiger partial charge on any atom is -0.496 e. The van der Waals surface area contributed by atoms with E-state index < -0.39 is 11.9 Å². The molecule has 2 rings (SSSR count). The number of carbonyl (C=O) groups is 3. The maximum Gasteiger partial charge on any atom is 0.325 e. The second kappa shape index (κ2) is 18.6. The minimum absolute atomic E-state index is 0.148. The lowest BCUT2D eigenvalue weighted by Gasteiger charge is -2.07. The smallest absolute Gasteiger partial charge is 0.325 e. The molecule has 0 bridgehead atoms. The first-order chi connectivity index (χ1) is 16.3. The molecule has 8 nitrogen and oxygen atoms in total. The Morgan fingerprint density at radius 2 is 1.50 bits per heavy atom. The topological polar surface area (TPSA) is 103 Å². The number of rotatable bonds is 9. The second-order valence-electron chi connectivity index (χ2n) is 6.51. The molecule has 0 heterocycles. The molecule has 0 saturated heterocycles. The molecule has 34 heavy (non-hydrogen) atoms. The van der Waals surface area contributed by atoms with Gasteiger partial charge in [-0.3, -0.25) is 14.4 Å². The van der Waals surface area contributed by atoms with Crippen molar-refractivity contribution in [2.75, 3.05) is 41.5 Å². The standard InChI is InChI=1S/C10H9Cl2NO3.C9H10O3.C5H13N/c1-16-8(14)5-13-10(15)9-6(11)3-2-4-7(9)12;1-11-8-4-3-5-9(12-2)7(8)6-10;1-3-4-5-6-2/h2-4H,5H2,1H3,(H,13,15);3-6H,1-2H3;6H,3-5H2,1-2H3. The lowest BCUT2D eigenvalue weighted by atomic mass is 10.2. The van der Waals surface area contributed by atoms with Crippen LogP contribution in [0.1, 0.15) is 40.5 Å². The first-order valence-electron chi connectivity index (χ1n) is 10.4. The van der Waals surface area contributed by atoms with Gasteiger partial charge in [0.15, 0.2) is 6.29 Å². The van der Waals surface area contributed by atoms with Crippen molar-refractivity contribution in [3.05, 3.63) is 57.6 Å². The van der Waals surface area contributed by atoms with Gasteiger partial charge in [0, 0.05) is 0 Å². The summed E-state index contributed by atoms with van der Waals surface area (Å²) in [6.07, 6.45) is 3.31. The van der Waals surface area contributed by atoms with Crippen molar-refractivity contribution in [3.8, 4) is 11.5 Å². The zero-order valence-corrected chi connectivity index (χ0v) is 21.6. The van der Waals surface area contributed by atoms with Crippen LogP contribution in [0.5, 0.6) is 11.5 Å². The Morgan fingerprint density at radius 3 is 1.88 bits per heavy atom. The van der Waals surface area contributed by atoms with Gasteiger partial charge < -0.3 is 24.8 Å². The van der Waals surface area contributed by atoms with Gasteiger partial charge in [0.25, 0.3) is 5.91 Å². The lowest BCUT2D eigenvalue weighted by Crippen LogP contribution is -2.30. The molecule has 1 amide bonds. The van der Waals surface area contributed by atoms with E-state index in [-0.39, 0.29) is 22.2 Å². The Bertz CT molecular complexity index is 863. The maximum atomic E-state index is 11.6. The van der Waals surface area contributed by atoms with Crippen LogP contribution in [-0.4, -0.2) is 59.6 Å². The van der Waals surface area contributed by atoms with Crippen molar-refractivity contribution >= 4 is 41.4 Å². The van der Waals surface area contributed by atoms with Gasteiger partial charge in [-0.25, -0.2) is 0 Å². The fraction of sp³-hybridized carbons (Fsp3) is 0.375. The molecule has 0 radical (unpaired) electrons. The highest BCUT2D eigenvalue weighted by Gasteiger charge is 2.15. The Kier molecular flexibility index (Phi) is 17.1. The highest BCUT2D eigenvalue weighted by molar-refractivity contribution is 6.39. The molecule has 0 aromatic heterocycles. The molecule has 0 spiro atoms. The molecule has 0 atom stereocenters. The number of hydrogen-bond donors (Lipinski definition) is 2. The van der Waals surface area contributed by atoms with Gasteiger partial charge in [-0.1, -0.05) is 48.7 Å². The van der Waals surface area contributed by atoms with E-state index in [1.54, 1.807) is 36.4 Å². The molecule has 188 valence electrons. The average molecular weight is 515 g/mol. The van der Waals surface area contributed by atoms with Crippen molar-refractivity contribution in [1.29, 1.82) is 0 Å². The van der Waals surface area contributed by atoms with Gasteiger partial charge in [0.2, 0.25) is 0 Å². The zero-order chi connectivity index (χ0) is 25.9. The molecular formula is C24H32Cl2N2O6. The molecule has 0 aliphatic carbocycles. The highest BCUT2D eigenvalue weighted by Crippen LogP contribution is 2.26. The summed E-state index contributed by atoms with van der Waals surface area (Å²) in [6.45, 7) is 3.13. The Balaban J connectivity index is 0.000000532. The summed E-state index contributed by atoms with van der Waals surface area (Å²) < 4.78 is 14.3. The number of aldehydes is 1. The number of carbonyl (C=O) groups excluding carboxylic acids is 3. The van der Waals surface area contributed by atoms with Crippen LogP contribution in [0.25, 0.3) is 0 Å². The van der Waals surface area contributed by atoms with Gasteiger partial charge in [-0.15, -0.1) is 0 Å². The van der Waals surface area contributed by atoms with Crippen LogP contribution < -0.4 is 20.1 Å². The van der Waals surface area contributed by atoms with E-state index >= 15 is 0 Å². The lowest BCUT2D eigenvalue weighted by molar-refractivity contribution is -0.139. The minimum atomic E-state index is -0.545. The number of methoxy groups -OCH3 is 3. The van der Waals surface area contributed by atoms with Crippen molar-refractivity contribution < 1.29 is 28.6 Å². The van der Waals surface area contributed by atoms with Gasteiger partial charge in [-0.2, -0.15) is 0 Å². The van der Waals surface area contributed by atoms with Crippen molar-refractivity contribution in [2.24, 2.45) is 0 Å². The molecule has 0 aliphatic heterocycles. The van der Waals surface area contributed by atoms with Crippen LogP contribution >= 0.6 is 23.2 Å². The van der Waals surface area contributed by atoms with E-state index in [0.717, 1.165) is 12.8 Å². The van der Waals surface area contributed by atoms with E-state index in [9.17, 15) is 14.4 Å². The van der Waals surface area contributed by atoms with E-state index in [2.05, 4.69) is 22.3 Å². The third-order valence-corrected chi connectivity index (χ3v) is 4.80. The number of amides is 1. The number of benzene rings is 2. The predicted molar refractivity (Wildman–Crippen MR) is 135 cm³/mol. The van der Waals surface area contributed by atoms with E-state index in [1.165, 1.54) is 34.2 Å². The second-order valence-corrected chi connectivity index (χ2v) is 7.32. The van der Waals surface area contributed by atoms with Crippen LogP contribution in [0.2, 0.25) is 10.0 Å². The molecule has 10 heteroatoms. The summed E-state index contributed by atoms with van der Waals surface area (Å²) in [4.78, 5) is 33.0. The van der Waals surface area contributed by atoms with Crippen LogP contribution in [0.4, 0.5) is 0 Å². The third kappa shape index (κ3) is 11.4. The van der Waals surface area contributed by atoms with Crippen LogP contribution in [0, 0.1) is 0 Å². The van der Waals surface area contributed by atoms with E-state index in [0.29, 0.717) is 17.1 Å². The van der Waals surface area contributed by atoms with Crippen molar-refractivity contribution in [1.82, 2.24) is 10.6 Å². The molecule has 2 aromatic rings. The molecule has 0 saturated carbocycles. The maximum absolute atomic E-state index is 11.6. The summed E-state index contributed by atoms with van der Waals surface area (Å²) in [5.74, 6) is 0.00576. The molecule has 2 aromatic carbocycles. The molecular weight excluding hydrogens is 483 g/mol. The summed E-state index contributed by atoms with van der Waals surface area (Å²) >= 11 is 11.6. The predicted octanol–water partition coefficient (Wildman–Crippen LogP) is 4.42. The van der Waals surface area contributed by atoms with Crippen molar-refractivity contribution in [3.63, 3.8) is 0 Å². The fourth-order valence-electron chi connectivity index (χ4n) is 2.38. The average Bonchev–Trinajstić information content (AvgIpc) is 2.85. The van der Waals surface area contributed by atoms with Crippen molar-refractivity contribution in [2.45, 2.75) is 19.8 Å². The number of unbranched alkanes of at least 4 members (excludes halogenated alkanes) is 1. The quantitative estimate of drug-likeness (QED) is 0.290. The summed E-state index contributed by atoms with van der Waals surface area (Å²) in [5, 5.41) is 5.88. The monoisotopic (exact) mass is 514 g/mol. The normalized spacial score (nSPS) is 9.38. The molecule has 0 aliphatic rings. The van der Waals surface area contributed by atoms with Gasteiger partial charge in [0.05, 0.1) is 42.5 Å². The first-order valence-corrected chi connectivity index (χ1v) is 11.2. The van der Waals surface area contributed by atoms with Crippen LogP contribution in [-0.2, 0) is 9.53 Å². The fourth-order valence-corrected chi connectivity index (χ4v) is 2.95. The van der Waals surface area contributed by atoms with Crippen LogP contribution in [0.15, 0.2) is 36.4 Å². The highest BCUT2D eigenvalue weighted by atomic mass is 35.5. The Labute approximate surface area is 210 Å². The SMILES string of the molecule is CCCCNC.COC(=O)CNC(=O)c1c(Cl)cccc1Cl.COc1cccc(OC)c1C=O. The van der Waals surface area contributed by atoms with E-state index in [4.69, 9.17) is 32.7 Å². The van der Waals surface area contributed by atoms with Gasteiger partial charge >= 0.3 is 5.97 Å². The Morgan fingerprint density at radius 1 is 0.971 bits per heavy atom. The molecule has 2 N–H and O–H groups in total. The number of esters is 1. The number of ether oxygens (including phenoxy) is 3. The third-order valence-electron chi connectivity index (χ3n) is 4.17. The summed E-state index contributed by atoms with van der Waals surface area (Å²) in [7, 11) is 6.25. The zero-order valence-electron chi connectivity index (χ0n) is 20.1. The Hall–Kier alpha value is -2.81. The van der Waals surface area contributed by atoms with Gasteiger partial charge in [0.1, 0.15) is 18.0 Å².